The molecule has 1 aliphatic heterocycles. The summed E-state index contributed by atoms with van der Waals surface area (Å²) in [6.45, 7) is 4.44. The molecule has 0 saturated heterocycles. The molecule has 2 atom stereocenters. The Kier molecular flexibility index (Phi) is 3.96. The first kappa shape index (κ1) is 15.1. The van der Waals surface area contributed by atoms with Crippen molar-refractivity contribution >= 4 is 16.9 Å². The predicted molar refractivity (Wildman–Crippen MR) is 87.8 cm³/mol. The number of methoxy groups -OCH3 is 1. The van der Waals surface area contributed by atoms with Crippen molar-refractivity contribution in [2.45, 2.75) is 38.8 Å². The van der Waals surface area contributed by atoms with E-state index in [1.165, 1.54) is 23.8 Å². The van der Waals surface area contributed by atoms with E-state index in [0.717, 1.165) is 11.9 Å². The van der Waals surface area contributed by atoms with E-state index in [0.29, 0.717) is 12.3 Å². The summed E-state index contributed by atoms with van der Waals surface area (Å²) in [6.07, 6.45) is 1.72. The van der Waals surface area contributed by atoms with Gasteiger partial charge in [-0.2, -0.15) is 0 Å². The highest BCUT2D eigenvalue weighted by molar-refractivity contribution is 5.87. The van der Waals surface area contributed by atoms with E-state index >= 15 is 0 Å². The number of aromatic amines is 1. The summed E-state index contributed by atoms with van der Waals surface area (Å²) in [5, 5.41) is 1.23. The van der Waals surface area contributed by atoms with Crippen molar-refractivity contribution in [3.8, 4) is 0 Å². The molecule has 0 radical (unpaired) electrons. The van der Waals surface area contributed by atoms with E-state index < -0.39 is 0 Å². The maximum absolute atomic E-state index is 12.2. The van der Waals surface area contributed by atoms with Crippen molar-refractivity contribution in [2.24, 2.45) is 5.92 Å². The molecule has 22 heavy (non-hydrogen) atoms. The standard InChI is InChI=1S/C18H24N2O2/c1-11(2)9-15-17-13(10-16(20(15)3)18(21)22-4)12-7-5-6-8-14(12)19-17/h5-8,11,15-16,19H,9-10H2,1-4H3/t15-,16-/m0/s1. The Morgan fingerprint density at radius 3 is 2.82 bits per heavy atom. The van der Waals surface area contributed by atoms with Crippen LogP contribution < -0.4 is 0 Å². The van der Waals surface area contributed by atoms with Crippen LogP contribution in [0.4, 0.5) is 0 Å². The number of hydrogen-bond acceptors (Lipinski definition) is 3. The molecule has 0 fully saturated rings. The Morgan fingerprint density at radius 2 is 2.14 bits per heavy atom. The van der Waals surface area contributed by atoms with Crippen molar-refractivity contribution in [3.05, 3.63) is 35.5 Å². The van der Waals surface area contributed by atoms with E-state index in [9.17, 15) is 4.79 Å². The van der Waals surface area contributed by atoms with Gasteiger partial charge in [0.25, 0.3) is 0 Å². The molecule has 0 bridgehead atoms. The average molecular weight is 300 g/mol. The fraction of sp³-hybridized carbons (Fsp3) is 0.500. The van der Waals surface area contributed by atoms with Gasteiger partial charge < -0.3 is 9.72 Å². The van der Waals surface area contributed by atoms with E-state index in [1.54, 1.807) is 0 Å². The Morgan fingerprint density at radius 1 is 1.41 bits per heavy atom. The van der Waals surface area contributed by atoms with E-state index in [4.69, 9.17) is 4.74 Å². The molecule has 1 aromatic heterocycles. The van der Waals surface area contributed by atoms with Gasteiger partial charge in [0.1, 0.15) is 6.04 Å². The van der Waals surface area contributed by atoms with Crippen LogP contribution >= 0.6 is 0 Å². The van der Waals surface area contributed by atoms with Gasteiger partial charge >= 0.3 is 5.97 Å². The third-order valence-corrected chi connectivity index (χ3v) is 4.73. The fourth-order valence-corrected chi connectivity index (χ4v) is 3.60. The number of para-hydroxylation sites is 1. The number of rotatable bonds is 3. The minimum atomic E-state index is -0.208. The second-order valence-corrected chi connectivity index (χ2v) is 6.62. The summed E-state index contributed by atoms with van der Waals surface area (Å²) in [5.41, 5.74) is 3.69. The monoisotopic (exact) mass is 300 g/mol. The lowest BCUT2D eigenvalue weighted by Crippen LogP contribution is -2.46. The van der Waals surface area contributed by atoms with Crippen LogP contribution in [0, 0.1) is 5.92 Å². The molecule has 2 aromatic rings. The van der Waals surface area contributed by atoms with E-state index in [1.807, 2.05) is 13.1 Å². The molecule has 1 aliphatic rings. The number of carbonyl (C=O) groups excluding carboxylic acids is 1. The van der Waals surface area contributed by atoms with Gasteiger partial charge in [-0.3, -0.25) is 9.69 Å². The first-order valence-corrected chi connectivity index (χ1v) is 7.92. The van der Waals surface area contributed by atoms with Gasteiger partial charge in [-0.05, 0) is 31.0 Å². The van der Waals surface area contributed by atoms with Crippen LogP contribution in [0.3, 0.4) is 0 Å². The lowest BCUT2D eigenvalue weighted by molar-refractivity contribution is -0.148. The largest absolute Gasteiger partial charge is 0.468 e. The number of H-pyrrole nitrogens is 1. The number of likely N-dealkylation sites (N-methyl/N-ethyl adjacent to an activating group) is 1. The summed E-state index contributed by atoms with van der Waals surface area (Å²) in [5.74, 6) is 0.412. The Bertz CT molecular complexity index is 689. The van der Waals surface area contributed by atoms with Crippen LogP contribution in [-0.2, 0) is 16.0 Å². The van der Waals surface area contributed by atoms with Crippen molar-refractivity contribution < 1.29 is 9.53 Å². The Labute approximate surface area is 131 Å². The smallest absolute Gasteiger partial charge is 0.323 e. The summed E-state index contributed by atoms with van der Waals surface area (Å²) < 4.78 is 5.03. The predicted octanol–water partition coefficient (Wildman–Crippen LogP) is 3.28. The normalized spacial score (nSPS) is 22.0. The van der Waals surface area contributed by atoms with Crippen LogP contribution in [0.25, 0.3) is 10.9 Å². The Hall–Kier alpha value is -1.81. The highest BCUT2D eigenvalue weighted by Crippen LogP contribution is 2.39. The maximum atomic E-state index is 12.2. The second-order valence-electron chi connectivity index (χ2n) is 6.62. The van der Waals surface area contributed by atoms with Crippen LogP contribution in [0.5, 0.6) is 0 Å². The van der Waals surface area contributed by atoms with Gasteiger partial charge in [0.2, 0.25) is 0 Å². The lowest BCUT2D eigenvalue weighted by atomic mass is 9.88. The Balaban J connectivity index is 2.12. The van der Waals surface area contributed by atoms with Crippen molar-refractivity contribution in [1.82, 2.24) is 9.88 Å². The number of esters is 1. The van der Waals surface area contributed by atoms with Gasteiger partial charge in [0.05, 0.1) is 13.2 Å². The molecule has 4 heteroatoms. The minimum absolute atomic E-state index is 0.146. The molecule has 1 aromatic carbocycles. The van der Waals surface area contributed by atoms with E-state index in [2.05, 4.69) is 41.9 Å². The average Bonchev–Trinajstić information content (AvgIpc) is 2.87. The molecular weight excluding hydrogens is 276 g/mol. The van der Waals surface area contributed by atoms with Gasteiger partial charge in [0.15, 0.2) is 0 Å². The van der Waals surface area contributed by atoms with Crippen molar-refractivity contribution in [1.29, 1.82) is 0 Å². The molecule has 0 unspecified atom stereocenters. The molecule has 0 aliphatic carbocycles. The van der Waals surface area contributed by atoms with Gasteiger partial charge in [-0.15, -0.1) is 0 Å². The molecule has 3 rings (SSSR count). The third kappa shape index (κ3) is 2.41. The fourth-order valence-electron chi connectivity index (χ4n) is 3.60. The first-order valence-electron chi connectivity index (χ1n) is 7.92. The van der Waals surface area contributed by atoms with Gasteiger partial charge in [0, 0.05) is 23.0 Å². The minimum Gasteiger partial charge on any atom is -0.468 e. The third-order valence-electron chi connectivity index (χ3n) is 4.73. The van der Waals surface area contributed by atoms with Crippen molar-refractivity contribution in [3.63, 3.8) is 0 Å². The zero-order valence-electron chi connectivity index (χ0n) is 13.7. The SMILES string of the molecule is COC(=O)[C@@H]1Cc2c([nH]c3ccccc23)[C@H](CC(C)C)N1C. The molecule has 118 valence electrons. The van der Waals surface area contributed by atoms with Gasteiger partial charge in [-0.1, -0.05) is 32.0 Å². The quantitative estimate of drug-likeness (QED) is 0.885. The molecular formula is C18H24N2O2. The first-order chi connectivity index (χ1) is 10.5. The highest BCUT2D eigenvalue weighted by atomic mass is 16.5. The van der Waals surface area contributed by atoms with Crippen LogP contribution in [-0.4, -0.2) is 36.1 Å². The molecule has 1 N–H and O–H groups in total. The maximum Gasteiger partial charge on any atom is 0.323 e. The molecule has 0 saturated carbocycles. The number of nitrogens with zero attached hydrogens (tertiary/aromatic N) is 1. The molecule has 2 heterocycles. The van der Waals surface area contributed by atoms with Crippen LogP contribution in [0.15, 0.2) is 24.3 Å². The number of benzene rings is 1. The number of hydrogen-bond donors (Lipinski definition) is 1. The number of aromatic nitrogens is 1. The van der Waals surface area contributed by atoms with Crippen LogP contribution in [0.1, 0.15) is 37.6 Å². The number of nitrogens with one attached hydrogen (secondary N) is 1. The second kappa shape index (κ2) is 5.76. The van der Waals surface area contributed by atoms with Crippen LogP contribution in [0.2, 0.25) is 0 Å². The van der Waals surface area contributed by atoms with Gasteiger partial charge in [-0.25, -0.2) is 0 Å². The highest BCUT2D eigenvalue weighted by Gasteiger charge is 2.38. The lowest BCUT2D eigenvalue weighted by Gasteiger charge is -2.38. The summed E-state index contributed by atoms with van der Waals surface area (Å²) >= 11 is 0. The number of carbonyl (C=O) groups is 1. The summed E-state index contributed by atoms with van der Waals surface area (Å²) in [4.78, 5) is 18.0. The summed E-state index contributed by atoms with van der Waals surface area (Å²) in [6, 6.07) is 8.35. The van der Waals surface area contributed by atoms with Crippen molar-refractivity contribution in [2.75, 3.05) is 14.2 Å². The zero-order chi connectivity index (χ0) is 15.9. The number of ether oxygens (including phenoxy) is 1. The molecule has 0 spiro atoms. The summed E-state index contributed by atoms with van der Waals surface area (Å²) in [7, 11) is 3.50. The topological polar surface area (TPSA) is 45.3 Å². The molecule has 0 amide bonds. The zero-order valence-corrected chi connectivity index (χ0v) is 13.7. The van der Waals surface area contributed by atoms with E-state index in [-0.39, 0.29) is 18.1 Å². The molecule has 4 nitrogen and oxygen atoms in total. The number of fused-ring (bicyclic) bond motifs is 3.